The summed E-state index contributed by atoms with van der Waals surface area (Å²) in [5.74, 6) is 0.629. The molecule has 1 fully saturated rings. The fourth-order valence-corrected chi connectivity index (χ4v) is 4.60. The van der Waals surface area contributed by atoms with E-state index in [1.165, 1.54) is 5.56 Å². The average Bonchev–Trinajstić information content (AvgIpc) is 3.54. The monoisotopic (exact) mass is 463 g/mol. The zero-order valence-corrected chi connectivity index (χ0v) is 19.2. The van der Waals surface area contributed by atoms with Gasteiger partial charge in [0.1, 0.15) is 5.69 Å². The van der Waals surface area contributed by atoms with E-state index >= 15 is 0 Å². The molecule has 1 aromatic carbocycles. The first-order valence-electron chi connectivity index (χ1n) is 11.7. The van der Waals surface area contributed by atoms with Crippen molar-refractivity contribution in [3.63, 3.8) is 0 Å². The van der Waals surface area contributed by atoms with Gasteiger partial charge in [0, 0.05) is 63.2 Å². The van der Waals surface area contributed by atoms with Crippen molar-refractivity contribution in [2.75, 3.05) is 31.1 Å². The predicted molar refractivity (Wildman–Crippen MR) is 134 cm³/mol. The highest BCUT2D eigenvalue weighted by Gasteiger charge is 2.27. The minimum atomic E-state index is -0.0435. The lowest BCUT2D eigenvalue weighted by molar-refractivity contribution is 0.0743. The lowest BCUT2D eigenvalue weighted by Gasteiger charge is -2.35. The number of aromatic nitrogens is 5. The van der Waals surface area contributed by atoms with E-state index < -0.39 is 0 Å². The smallest absolute Gasteiger partial charge is 0.274 e. The highest BCUT2D eigenvalue weighted by Crippen LogP contribution is 2.24. The summed E-state index contributed by atoms with van der Waals surface area (Å²) < 4.78 is 3.99. The molecule has 8 nitrogen and oxygen atoms in total. The molecule has 0 radical (unpaired) electrons. The maximum atomic E-state index is 13.5. The summed E-state index contributed by atoms with van der Waals surface area (Å²) >= 11 is 0. The second kappa shape index (κ2) is 9.06. The van der Waals surface area contributed by atoms with Crippen LogP contribution in [0.4, 0.5) is 5.69 Å². The van der Waals surface area contributed by atoms with Crippen LogP contribution in [0.2, 0.25) is 0 Å². The van der Waals surface area contributed by atoms with Gasteiger partial charge in [0.25, 0.3) is 5.91 Å². The number of fused-ring (bicyclic) bond motifs is 1. The van der Waals surface area contributed by atoms with Gasteiger partial charge in [0.2, 0.25) is 0 Å². The van der Waals surface area contributed by atoms with Crippen LogP contribution in [0.15, 0.2) is 91.8 Å². The Morgan fingerprint density at radius 1 is 0.886 bits per heavy atom. The highest BCUT2D eigenvalue weighted by molar-refractivity contribution is 6.00. The number of pyridine rings is 2. The predicted octanol–water partition coefficient (Wildman–Crippen LogP) is 3.60. The number of carbonyl (C=O) groups is 1. The molecule has 1 amide bonds. The molecule has 5 aromatic rings. The summed E-state index contributed by atoms with van der Waals surface area (Å²) in [6, 6.07) is 20.1. The van der Waals surface area contributed by atoms with Crippen LogP contribution in [0.25, 0.3) is 17.0 Å². The number of rotatable bonds is 5. The number of imidazole rings is 2. The zero-order chi connectivity index (χ0) is 23.6. The summed E-state index contributed by atoms with van der Waals surface area (Å²) in [5, 5.41) is 0. The minimum Gasteiger partial charge on any atom is -0.368 e. The summed E-state index contributed by atoms with van der Waals surface area (Å²) in [6.45, 7) is 3.57. The number of nitrogens with zero attached hydrogens (tertiary/aromatic N) is 7. The van der Waals surface area contributed by atoms with Crippen molar-refractivity contribution < 1.29 is 4.79 Å². The van der Waals surface area contributed by atoms with E-state index in [1.807, 2.05) is 81.1 Å². The van der Waals surface area contributed by atoms with Crippen LogP contribution in [0, 0.1) is 0 Å². The highest BCUT2D eigenvalue weighted by atomic mass is 16.2. The van der Waals surface area contributed by atoms with Crippen LogP contribution in [0.1, 0.15) is 16.1 Å². The number of hydrogen-bond donors (Lipinski definition) is 0. The van der Waals surface area contributed by atoms with Gasteiger partial charge in [-0.05, 0) is 29.8 Å². The number of benzene rings is 1. The molecular weight excluding hydrogens is 438 g/mol. The molecule has 1 aliphatic heterocycles. The Hall–Kier alpha value is -4.46. The van der Waals surface area contributed by atoms with Crippen LogP contribution < -0.4 is 4.90 Å². The number of anilines is 1. The number of piperazine rings is 1. The normalized spacial score (nSPS) is 13.9. The Bertz CT molecular complexity index is 1450. The van der Waals surface area contributed by atoms with Crippen LogP contribution >= 0.6 is 0 Å². The van der Waals surface area contributed by atoms with Crippen molar-refractivity contribution in [1.82, 2.24) is 28.8 Å². The summed E-state index contributed by atoms with van der Waals surface area (Å²) in [7, 11) is 0. The number of amides is 1. The lowest BCUT2D eigenvalue weighted by atomic mass is 10.2. The summed E-state index contributed by atoms with van der Waals surface area (Å²) in [6.07, 6.45) is 9.33. The molecule has 6 rings (SSSR count). The Balaban J connectivity index is 1.25. The standard InChI is InChI=1S/C27H25N7O/c35-27(33-16-14-32(15-17-33)22-9-11-28-12-10-22)25-24-8-4-5-13-34(24)26(30-25)23-19-31(20-29-23)18-21-6-2-1-3-7-21/h1-13,19-20H,14-18H2. The van der Waals surface area contributed by atoms with Crippen molar-refractivity contribution in [1.29, 1.82) is 0 Å². The molecule has 0 saturated carbocycles. The molecule has 1 aliphatic rings. The molecule has 174 valence electrons. The largest absolute Gasteiger partial charge is 0.368 e. The Labute approximate surface area is 203 Å². The van der Waals surface area contributed by atoms with Gasteiger partial charge in [-0.15, -0.1) is 0 Å². The van der Waals surface area contributed by atoms with Gasteiger partial charge >= 0.3 is 0 Å². The van der Waals surface area contributed by atoms with Crippen molar-refractivity contribution in [2.45, 2.75) is 6.54 Å². The van der Waals surface area contributed by atoms with Gasteiger partial charge < -0.3 is 14.4 Å². The van der Waals surface area contributed by atoms with Gasteiger partial charge in [-0.3, -0.25) is 14.2 Å². The van der Waals surface area contributed by atoms with Gasteiger partial charge in [-0.2, -0.15) is 0 Å². The molecule has 0 unspecified atom stereocenters. The van der Waals surface area contributed by atoms with Crippen molar-refractivity contribution >= 4 is 17.1 Å². The maximum Gasteiger partial charge on any atom is 0.274 e. The fraction of sp³-hybridized carbons (Fsp3) is 0.185. The molecule has 1 saturated heterocycles. The third-order valence-electron chi connectivity index (χ3n) is 6.42. The van der Waals surface area contributed by atoms with Crippen LogP contribution in [0.3, 0.4) is 0 Å². The van der Waals surface area contributed by atoms with Crippen LogP contribution in [-0.2, 0) is 6.54 Å². The Morgan fingerprint density at radius 2 is 1.66 bits per heavy atom. The van der Waals surface area contributed by atoms with Gasteiger partial charge in [0.15, 0.2) is 11.5 Å². The van der Waals surface area contributed by atoms with E-state index in [9.17, 15) is 4.79 Å². The Kier molecular flexibility index (Phi) is 5.46. The minimum absolute atomic E-state index is 0.0435. The fourth-order valence-electron chi connectivity index (χ4n) is 4.60. The van der Waals surface area contributed by atoms with Crippen LogP contribution in [0.5, 0.6) is 0 Å². The quantitative estimate of drug-likeness (QED) is 0.398. The first-order chi connectivity index (χ1) is 17.3. The first kappa shape index (κ1) is 21.1. The Morgan fingerprint density at radius 3 is 2.46 bits per heavy atom. The molecule has 5 heterocycles. The van der Waals surface area contributed by atoms with E-state index in [2.05, 4.69) is 27.0 Å². The van der Waals surface area contributed by atoms with Crippen LogP contribution in [-0.4, -0.2) is 60.9 Å². The molecule has 0 aliphatic carbocycles. The van der Waals surface area contributed by atoms with E-state index in [4.69, 9.17) is 4.98 Å². The third kappa shape index (κ3) is 4.14. The zero-order valence-electron chi connectivity index (χ0n) is 19.2. The van der Waals surface area contributed by atoms with Gasteiger partial charge in [-0.1, -0.05) is 36.4 Å². The van der Waals surface area contributed by atoms with Crippen molar-refractivity contribution in [3.8, 4) is 11.5 Å². The van der Waals surface area contributed by atoms with E-state index in [0.717, 1.165) is 36.5 Å². The van der Waals surface area contributed by atoms with E-state index in [-0.39, 0.29) is 5.91 Å². The molecular formula is C27H25N7O. The molecule has 0 N–H and O–H groups in total. The molecule has 8 heteroatoms. The first-order valence-corrected chi connectivity index (χ1v) is 11.7. The third-order valence-corrected chi connectivity index (χ3v) is 6.42. The molecule has 0 bridgehead atoms. The molecule has 0 atom stereocenters. The van der Waals surface area contributed by atoms with Gasteiger partial charge in [-0.25, -0.2) is 9.97 Å². The summed E-state index contributed by atoms with van der Waals surface area (Å²) in [5.41, 5.74) is 4.33. The van der Waals surface area contributed by atoms with Crippen molar-refractivity contribution in [2.24, 2.45) is 0 Å². The lowest BCUT2D eigenvalue weighted by Crippen LogP contribution is -2.49. The molecule has 4 aromatic heterocycles. The number of carbonyl (C=O) groups excluding carboxylic acids is 1. The average molecular weight is 464 g/mol. The number of hydrogen-bond acceptors (Lipinski definition) is 5. The second-order valence-corrected chi connectivity index (χ2v) is 8.64. The SMILES string of the molecule is O=C(c1nc(-c2cn(Cc3ccccc3)cn2)n2ccccc12)N1CCN(c2ccncc2)CC1. The second-order valence-electron chi connectivity index (χ2n) is 8.64. The van der Waals surface area contributed by atoms with E-state index in [1.54, 1.807) is 12.4 Å². The molecule has 0 spiro atoms. The van der Waals surface area contributed by atoms with Gasteiger partial charge in [0.05, 0.1) is 11.8 Å². The summed E-state index contributed by atoms with van der Waals surface area (Å²) in [4.78, 5) is 31.2. The van der Waals surface area contributed by atoms with E-state index in [0.29, 0.717) is 24.6 Å². The molecule has 35 heavy (non-hydrogen) atoms. The topological polar surface area (TPSA) is 71.6 Å². The van der Waals surface area contributed by atoms with Crippen molar-refractivity contribution in [3.05, 3.63) is 103 Å². The maximum absolute atomic E-state index is 13.5.